The summed E-state index contributed by atoms with van der Waals surface area (Å²) in [7, 11) is 0. The first-order valence-electron chi connectivity index (χ1n) is 1.10. The summed E-state index contributed by atoms with van der Waals surface area (Å²) < 4.78 is 0. The van der Waals surface area contributed by atoms with Crippen LogP contribution < -0.4 is 12.3 Å². The van der Waals surface area contributed by atoms with Crippen molar-refractivity contribution in [2.75, 3.05) is 6.61 Å². The molecule has 0 atom stereocenters. The molecule has 0 rings (SSSR count). The van der Waals surface area contributed by atoms with Crippen LogP contribution in [0.2, 0.25) is 0 Å². The molecule has 0 fully saturated rings. The van der Waals surface area contributed by atoms with Crippen molar-refractivity contribution in [3.63, 3.8) is 0 Å². The van der Waals surface area contributed by atoms with Gasteiger partial charge >= 0.3 is 5.97 Å². The van der Waals surface area contributed by atoms with Crippen molar-refractivity contribution in [3.05, 3.63) is 0 Å². The number of carboxylic acid groups (broad SMARTS) is 1. The molecule has 0 bridgehead atoms. The second-order valence-electron chi connectivity index (χ2n) is 0.552. The molecule has 0 aliphatic rings. The summed E-state index contributed by atoms with van der Waals surface area (Å²) >= 11 is 0. The number of aliphatic carboxylic acids is 1. The topological polar surface area (TPSA) is 128 Å². The molecule has 0 radical (unpaired) electrons. The average molecular weight is 305 g/mol. The Balaban J connectivity index is -0.0000000267. The van der Waals surface area contributed by atoms with Gasteiger partial charge in [-0.3, -0.25) is 0 Å². The van der Waals surface area contributed by atoms with Crippen LogP contribution in [-0.2, 0) is 25.9 Å². The third-order valence-corrected chi connectivity index (χ3v) is 0.135. The van der Waals surface area contributed by atoms with Gasteiger partial charge in [0.05, 0.1) is 0 Å². The molecule has 56 valence electrons. The van der Waals surface area contributed by atoms with Crippen LogP contribution in [-0.4, -0.2) is 22.8 Å². The van der Waals surface area contributed by atoms with Crippen molar-refractivity contribution in [1.29, 1.82) is 0 Å². The van der Waals surface area contributed by atoms with Crippen molar-refractivity contribution in [2.45, 2.75) is 0 Å². The Labute approximate surface area is 61.5 Å². The molecule has 0 heterocycles. The zero-order valence-corrected chi connectivity index (χ0v) is 6.51. The van der Waals surface area contributed by atoms with Crippen LogP contribution >= 0.6 is 0 Å². The molecule has 8 N–H and O–H groups in total. The smallest absolute Gasteiger partial charge is 0.329 e. The molecule has 0 saturated carbocycles. The fourth-order valence-corrected chi connectivity index (χ4v) is 0. The maximum atomic E-state index is 9.12. The summed E-state index contributed by atoms with van der Waals surface area (Å²) in [5.41, 5.74) is 0. The first-order valence-corrected chi connectivity index (χ1v) is 1.10. The molecular weight excluding hydrogens is 295 g/mol. The zero-order valence-electron chi connectivity index (χ0n) is 4.24. The monoisotopic (exact) mass is 305 g/mol. The normalized spacial score (nSPS) is 4.62. The van der Waals surface area contributed by atoms with E-state index in [1.807, 2.05) is 0 Å². The Morgan fingerprint density at radius 3 is 1.50 bits per heavy atom. The minimum Gasteiger partial charge on any atom is -0.480 e. The Morgan fingerprint density at radius 2 is 1.50 bits per heavy atom. The van der Waals surface area contributed by atoms with Gasteiger partial charge in [-0.2, -0.15) is 0 Å². The van der Waals surface area contributed by atoms with E-state index < -0.39 is 12.6 Å². The molecule has 0 aromatic rings. The molecule has 5 nitrogen and oxygen atoms in total. The van der Waals surface area contributed by atoms with E-state index >= 15 is 0 Å². The maximum absolute atomic E-state index is 9.12. The molecule has 0 aromatic heterocycles. The Bertz CT molecular complexity index is 50.5. The van der Waals surface area contributed by atoms with Gasteiger partial charge in [0.2, 0.25) is 0 Å². The van der Waals surface area contributed by atoms with Crippen molar-refractivity contribution < 1.29 is 36.1 Å². The third-order valence-electron chi connectivity index (χ3n) is 0.135. The van der Waals surface area contributed by atoms with Gasteiger partial charge in [0, 0.05) is 21.1 Å². The first kappa shape index (κ1) is 24.4. The van der Waals surface area contributed by atoms with Crippen LogP contribution in [0, 0.1) is 0 Å². The molecule has 0 amide bonds. The minimum atomic E-state index is -1.19. The van der Waals surface area contributed by atoms with Gasteiger partial charge in [0.25, 0.3) is 0 Å². The van der Waals surface area contributed by atoms with Crippen LogP contribution in [0.4, 0.5) is 0 Å². The van der Waals surface area contributed by atoms with Gasteiger partial charge in [0.1, 0.15) is 6.61 Å². The van der Waals surface area contributed by atoms with Crippen molar-refractivity contribution in [2.24, 2.45) is 0 Å². The number of rotatable bonds is 1. The maximum Gasteiger partial charge on any atom is 0.329 e. The van der Waals surface area contributed by atoms with Crippen molar-refractivity contribution in [1.82, 2.24) is 12.3 Å². The molecule has 0 aliphatic carbocycles. The van der Waals surface area contributed by atoms with Crippen LogP contribution in [0.25, 0.3) is 0 Å². The number of aliphatic hydroxyl groups excluding tert-OH is 1. The number of carbonyl (C=O) groups is 1. The molecule has 6 heteroatoms. The fraction of sp³-hybridized carbons (Fsp3) is 0.500. The van der Waals surface area contributed by atoms with Gasteiger partial charge < -0.3 is 22.5 Å². The molecule has 0 spiro atoms. The molecule has 8 heavy (non-hydrogen) atoms. The van der Waals surface area contributed by atoms with Crippen LogP contribution in [0.1, 0.15) is 0 Å². The number of carboxylic acids is 1. The predicted molar refractivity (Wildman–Crippen MR) is 24.8 cm³/mol. The van der Waals surface area contributed by atoms with Gasteiger partial charge in [-0.15, -0.1) is 0 Å². The van der Waals surface area contributed by atoms with Crippen molar-refractivity contribution in [3.8, 4) is 0 Å². The predicted octanol–water partition coefficient (Wildman–Crippen LogP) is -0.615. The van der Waals surface area contributed by atoms with Crippen LogP contribution in [0.15, 0.2) is 0 Å². The standard InChI is InChI=1S/C2H4O3.2H3N.Pt/c3-1-2(4)5;;;/h3H,1H2,(H,4,5);2*1H3;. The van der Waals surface area contributed by atoms with E-state index in [-0.39, 0.29) is 33.4 Å². The molecule has 0 aliphatic heterocycles. The van der Waals surface area contributed by atoms with Gasteiger partial charge in [-0.1, -0.05) is 0 Å². The van der Waals surface area contributed by atoms with E-state index in [0.717, 1.165) is 0 Å². The summed E-state index contributed by atoms with van der Waals surface area (Å²) in [6, 6.07) is 0. The number of aliphatic hydroxyl groups is 1. The average Bonchev–Trinajstić information content (AvgIpc) is 1.38. The molecule has 0 aromatic carbocycles. The Kier molecular flexibility index (Phi) is 48.0. The molecule has 0 unspecified atom stereocenters. The summed E-state index contributed by atoms with van der Waals surface area (Å²) in [6.45, 7) is -0.778. The second-order valence-corrected chi connectivity index (χ2v) is 0.552. The van der Waals surface area contributed by atoms with E-state index in [4.69, 9.17) is 15.0 Å². The Morgan fingerprint density at radius 1 is 1.38 bits per heavy atom. The van der Waals surface area contributed by atoms with E-state index in [0.29, 0.717) is 0 Å². The van der Waals surface area contributed by atoms with Gasteiger partial charge in [-0.25, -0.2) is 4.79 Å². The van der Waals surface area contributed by atoms with Crippen LogP contribution in [0.5, 0.6) is 0 Å². The quantitative estimate of drug-likeness (QED) is 0.513. The summed E-state index contributed by atoms with van der Waals surface area (Å²) in [4.78, 5) is 9.12. The Hall–Kier alpha value is 0.0383. The number of hydrogen-bond donors (Lipinski definition) is 4. The first-order chi connectivity index (χ1) is 2.27. The largest absolute Gasteiger partial charge is 0.480 e. The zero-order chi connectivity index (χ0) is 4.28. The molecular formula is C2H10N2O3Pt. The van der Waals surface area contributed by atoms with Crippen molar-refractivity contribution >= 4 is 5.97 Å². The SMILES string of the molecule is N.N.O=C(O)CO.[Pt]. The second kappa shape index (κ2) is 15.7. The van der Waals surface area contributed by atoms with Gasteiger partial charge in [-0.05, 0) is 0 Å². The summed E-state index contributed by atoms with van der Waals surface area (Å²) in [5.74, 6) is -1.19. The van der Waals surface area contributed by atoms with E-state index in [1.54, 1.807) is 0 Å². The molecule has 0 saturated heterocycles. The third kappa shape index (κ3) is 36.9. The summed E-state index contributed by atoms with van der Waals surface area (Å²) in [5, 5.41) is 15.0. The van der Waals surface area contributed by atoms with Gasteiger partial charge in [0.15, 0.2) is 0 Å². The number of hydrogen-bond acceptors (Lipinski definition) is 4. The minimum absolute atomic E-state index is 0. The fourth-order valence-electron chi connectivity index (χ4n) is 0. The van der Waals surface area contributed by atoms with E-state index in [9.17, 15) is 0 Å². The van der Waals surface area contributed by atoms with E-state index in [1.165, 1.54) is 0 Å². The summed E-state index contributed by atoms with van der Waals surface area (Å²) in [6.07, 6.45) is 0. The van der Waals surface area contributed by atoms with E-state index in [2.05, 4.69) is 0 Å². The van der Waals surface area contributed by atoms with Crippen LogP contribution in [0.3, 0.4) is 0 Å².